The van der Waals surface area contributed by atoms with Crippen LogP contribution in [0.5, 0.6) is 0 Å². The Morgan fingerprint density at radius 2 is 1.42 bits per heavy atom. The molecule has 3 nitrogen and oxygen atoms in total. The van der Waals surface area contributed by atoms with E-state index < -0.39 is 0 Å². The molecule has 19 heavy (non-hydrogen) atoms. The average Bonchev–Trinajstić information content (AvgIpc) is 2.41. The minimum absolute atomic E-state index is 0.0209. The highest BCUT2D eigenvalue weighted by atomic mass is 16.5. The molecular formula is C16H33NO2. The van der Waals surface area contributed by atoms with Crippen LogP contribution in [0.1, 0.15) is 84.0 Å². The normalized spacial score (nSPS) is 10.6. The van der Waals surface area contributed by atoms with Gasteiger partial charge in [-0.05, 0) is 25.8 Å². The molecule has 0 spiro atoms. The molecule has 0 unspecified atom stereocenters. The van der Waals surface area contributed by atoms with Crippen LogP contribution >= 0.6 is 0 Å². The number of unbranched alkanes of at least 4 members (excludes halogenated alkanes) is 9. The number of hydrogen-bond acceptors (Lipinski definition) is 3. The number of hydrogen-bond donors (Lipinski definition) is 1. The zero-order valence-electron chi connectivity index (χ0n) is 12.8. The Bertz CT molecular complexity index is 195. The first kappa shape index (κ1) is 18.4. The van der Waals surface area contributed by atoms with Crippen LogP contribution in [-0.2, 0) is 9.53 Å². The van der Waals surface area contributed by atoms with Crippen LogP contribution in [0.4, 0.5) is 0 Å². The molecule has 0 aromatic rings. The van der Waals surface area contributed by atoms with Gasteiger partial charge in [-0.15, -0.1) is 0 Å². The Labute approximate surface area is 119 Å². The van der Waals surface area contributed by atoms with Gasteiger partial charge in [0.05, 0.1) is 6.61 Å². The third-order valence-corrected chi connectivity index (χ3v) is 3.35. The molecule has 0 fully saturated rings. The van der Waals surface area contributed by atoms with Gasteiger partial charge in [-0.25, -0.2) is 0 Å². The van der Waals surface area contributed by atoms with Crippen molar-refractivity contribution in [2.75, 3.05) is 13.2 Å². The summed E-state index contributed by atoms with van der Waals surface area (Å²) in [7, 11) is 0. The van der Waals surface area contributed by atoms with Crippen LogP contribution in [-0.4, -0.2) is 19.1 Å². The molecule has 0 radical (unpaired) electrons. The van der Waals surface area contributed by atoms with Crippen molar-refractivity contribution in [1.29, 1.82) is 0 Å². The molecule has 0 aromatic heterocycles. The van der Waals surface area contributed by atoms with Crippen molar-refractivity contribution in [3.8, 4) is 0 Å². The average molecular weight is 271 g/mol. The van der Waals surface area contributed by atoms with Crippen molar-refractivity contribution in [3.05, 3.63) is 0 Å². The predicted molar refractivity (Wildman–Crippen MR) is 81.1 cm³/mol. The Morgan fingerprint density at radius 3 is 2.11 bits per heavy atom. The van der Waals surface area contributed by atoms with Crippen LogP contribution in [0.2, 0.25) is 0 Å². The minimum Gasteiger partial charge on any atom is -0.466 e. The number of carbonyl (C=O) groups is 1. The summed E-state index contributed by atoms with van der Waals surface area (Å²) < 4.78 is 5.20. The van der Waals surface area contributed by atoms with Gasteiger partial charge in [0.2, 0.25) is 0 Å². The SMILES string of the molecule is CCCCCCCCCC(=O)OCCCCCCN. The Morgan fingerprint density at radius 1 is 0.842 bits per heavy atom. The first-order valence-corrected chi connectivity index (χ1v) is 8.17. The fourth-order valence-corrected chi connectivity index (χ4v) is 2.08. The maximum Gasteiger partial charge on any atom is 0.305 e. The van der Waals surface area contributed by atoms with E-state index in [9.17, 15) is 4.79 Å². The van der Waals surface area contributed by atoms with Crippen LogP contribution in [0.3, 0.4) is 0 Å². The Hall–Kier alpha value is -0.570. The van der Waals surface area contributed by atoms with Gasteiger partial charge in [0, 0.05) is 6.42 Å². The van der Waals surface area contributed by atoms with Crippen LogP contribution in [0, 0.1) is 0 Å². The van der Waals surface area contributed by atoms with E-state index in [0.717, 1.165) is 45.1 Å². The van der Waals surface area contributed by atoms with Gasteiger partial charge >= 0.3 is 5.97 Å². The summed E-state index contributed by atoms with van der Waals surface area (Å²) in [6, 6.07) is 0. The lowest BCUT2D eigenvalue weighted by Gasteiger charge is -2.05. The quantitative estimate of drug-likeness (QED) is 0.381. The summed E-state index contributed by atoms with van der Waals surface area (Å²) in [5.74, 6) is -0.0209. The molecule has 0 aliphatic rings. The van der Waals surface area contributed by atoms with Gasteiger partial charge in [-0.1, -0.05) is 58.3 Å². The molecule has 0 aliphatic carbocycles. The summed E-state index contributed by atoms with van der Waals surface area (Å²) in [5, 5.41) is 0. The van der Waals surface area contributed by atoms with Crippen molar-refractivity contribution in [2.45, 2.75) is 84.0 Å². The molecule has 0 rings (SSSR count). The second kappa shape index (κ2) is 15.5. The Balaban J connectivity index is 3.13. The van der Waals surface area contributed by atoms with Gasteiger partial charge in [0.15, 0.2) is 0 Å². The number of ether oxygens (including phenoxy) is 1. The van der Waals surface area contributed by atoms with Gasteiger partial charge in [-0.2, -0.15) is 0 Å². The van der Waals surface area contributed by atoms with E-state index in [2.05, 4.69) is 6.92 Å². The predicted octanol–water partition coefficient (Wildman–Crippen LogP) is 4.19. The zero-order chi connectivity index (χ0) is 14.2. The third kappa shape index (κ3) is 15.4. The highest BCUT2D eigenvalue weighted by Crippen LogP contribution is 2.09. The van der Waals surface area contributed by atoms with Crippen molar-refractivity contribution in [3.63, 3.8) is 0 Å². The number of esters is 1. The molecule has 3 heteroatoms. The topological polar surface area (TPSA) is 52.3 Å². The molecule has 0 bridgehead atoms. The fraction of sp³-hybridized carbons (Fsp3) is 0.938. The fourth-order valence-electron chi connectivity index (χ4n) is 2.08. The molecule has 114 valence electrons. The van der Waals surface area contributed by atoms with E-state index in [4.69, 9.17) is 10.5 Å². The largest absolute Gasteiger partial charge is 0.466 e. The van der Waals surface area contributed by atoms with E-state index >= 15 is 0 Å². The molecule has 0 saturated heterocycles. The molecular weight excluding hydrogens is 238 g/mol. The van der Waals surface area contributed by atoms with Crippen LogP contribution in [0.25, 0.3) is 0 Å². The molecule has 2 N–H and O–H groups in total. The lowest BCUT2D eigenvalue weighted by atomic mass is 10.1. The lowest BCUT2D eigenvalue weighted by molar-refractivity contribution is -0.143. The molecule has 0 atom stereocenters. The van der Waals surface area contributed by atoms with E-state index in [1.54, 1.807) is 0 Å². The maximum atomic E-state index is 11.4. The summed E-state index contributed by atoms with van der Waals surface area (Å²) in [6.45, 7) is 3.57. The third-order valence-electron chi connectivity index (χ3n) is 3.35. The summed E-state index contributed by atoms with van der Waals surface area (Å²) in [6.07, 6.45) is 13.6. The molecule has 0 aromatic carbocycles. The summed E-state index contributed by atoms with van der Waals surface area (Å²) in [5.41, 5.74) is 5.41. The Kier molecular flexibility index (Phi) is 15.0. The monoisotopic (exact) mass is 271 g/mol. The maximum absolute atomic E-state index is 11.4. The van der Waals surface area contributed by atoms with Crippen molar-refractivity contribution >= 4 is 5.97 Å². The second-order valence-corrected chi connectivity index (χ2v) is 5.29. The number of carbonyl (C=O) groups excluding carboxylic acids is 1. The van der Waals surface area contributed by atoms with E-state index in [-0.39, 0.29) is 5.97 Å². The summed E-state index contributed by atoms with van der Waals surface area (Å²) >= 11 is 0. The molecule has 0 amide bonds. The van der Waals surface area contributed by atoms with Gasteiger partial charge < -0.3 is 10.5 Å². The smallest absolute Gasteiger partial charge is 0.305 e. The van der Waals surface area contributed by atoms with Crippen LogP contribution < -0.4 is 5.73 Å². The second-order valence-electron chi connectivity index (χ2n) is 5.29. The molecule has 0 heterocycles. The standard InChI is InChI=1S/C16H33NO2/c1-2-3-4-5-6-7-10-13-16(18)19-15-12-9-8-11-14-17/h2-15,17H2,1H3. The first-order chi connectivity index (χ1) is 9.31. The van der Waals surface area contributed by atoms with E-state index in [1.807, 2.05) is 0 Å². The lowest BCUT2D eigenvalue weighted by Crippen LogP contribution is -2.06. The van der Waals surface area contributed by atoms with Crippen LogP contribution in [0.15, 0.2) is 0 Å². The minimum atomic E-state index is -0.0209. The van der Waals surface area contributed by atoms with Crippen molar-refractivity contribution < 1.29 is 9.53 Å². The zero-order valence-corrected chi connectivity index (χ0v) is 12.8. The van der Waals surface area contributed by atoms with E-state index in [0.29, 0.717) is 13.0 Å². The first-order valence-electron chi connectivity index (χ1n) is 8.17. The molecule has 0 saturated carbocycles. The van der Waals surface area contributed by atoms with Crippen molar-refractivity contribution in [1.82, 2.24) is 0 Å². The highest BCUT2D eigenvalue weighted by Gasteiger charge is 2.02. The van der Waals surface area contributed by atoms with E-state index in [1.165, 1.54) is 32.1 Å². The van der Waals surface area contributed by atoms with Gasteiger partial charge in [-0.3, -0.25) is 4.79 Å². The number of nitrogens with two attached hydrogens (primary N) is 1. The number of rotatable bonds is 14. The van der Waals surface area contributed by atoms with Gasteiger partial charge in [0.25, 0.3) is 0 Å². The highest BCUT2D eigenvalue weighted by molar-refractivity contribution is 5.69. The van der Waals surface area contributed by atoms with Crippen molar-refractivity contribution in [2.24, 2.45) is 5.73 Å². The van der Waals surface area contributed by atoms with Gasteiger partial charge in [0.1, 0.15) is 0 Å². The molecule has 0 aliphatic heterocycles. The summed E-state index contributed by atoms with van der Waals surface area (Å²) in [4.78, 5) is 11.4.